The van der Waals surface area contributed by atoms with Crippen LogP contribution >= 0.6 is 0 Å². The summed E-state index contributed by atoms with van der Waals surface area (Å²) in [6, 6.07) is 0.559. The first-order chi connectivity index (χ1) is 7.74. The Kier molecular flexibility index (Phi) is 5.73. The monoisotopic (exact) mass is 228 g/mol. The van der Waals surface area contributed by atoms with Gasteiger partial charge in [-0.15, -0.1) is 0 Å². The molecule has 0 spiro atoms. The molecule has 0 amide bonds. The third kappa shape index (κ3) is 2.76. The van der Waals surface area contributed by atoms with E-state index >= 15 is 0 Å². The number of morpholine rings is 1. The van der Waals surface area contributed by atoms with Crippen LogP contribution in [0.1, 0.15) is 46.5 Å². The van der Waals surface area contributed by atoms with Gasteiger partial charge in [0.1, 0.15) is 0 Å². The Bertz CT molecular complexity index is 192. The minimum atomic E-state index is 0.208. The lowest BCUT2D eigenvalue weighted by Gasteiger charge is -2.49. The lowest BCUT2D eigenvalue weighted by atomic mass is 9.86. The molecular formula is C13H28N2O. The van der Waals surface area contributed by atoms with Gasteiger partial charge in [-0.05, 0) is 19.3 Å². The molecule has 2 unspecified atom stereocenters. The first kappa shape index (κ1) is 13.9. The molecule has 3 heteroatoms. The maximum Gasteiger partial charge on any atom is 0.0622 e. The molecule has 0 bridgehead atoms. The van der Waals surface area contributed by atoms with Gasteiger partial charge in [0.25, 0.3) is 0 Å². The largest absolute Gasteiger partial charge is 0.378 e. The van der Waals surface area contributed by atoms with E-state index in [-0.39, 0.29) is 5.54 Å². The summed E-state index contributed by atoms with van der Waals surface area (Å²) in [6.45, 7) is 10.3. The average Bonchev–Trinajstić information content (AvgIpc) is 2.36. The van der Waals surface area contributed by atoms with Gasteiger partial charge in [-0.2, -0.15) is 0 Å². The Morgan fingerprint density at radius 1 is 1.38 bits per heavy atom. The summed E-state index contributed by atoms with van der Waals surface area (Å²) in [7, 11) is 0. The number of hydrogen-bond acceptors (Lipinski definition) is 3. The molecule has 1 rings (SSSR count). The number of hydrogen-bond donors (Lipinski definition) is 1. The molecule has 2 N–H and O–H groups in total. The zero-order chi connectivity index (χ0) is 12.0. The van der Waals surface area contributed by atoms with Crippen LogP contribution in [0.5, 0.6) is 0 Å². The summed E-state index contributed by atoms with van der Waals surface area (Å²) in [5.41, 5.74) is 6.28. The van der Waals surface area contributed by atoms with Gasteiger partial charge in [-0.3, -0.25) is 4.90 Å². The SMILES string of the molecule is CCCC(CC)(CN)N1CCOCC1CC. The van der Waals surface area contributed by atoms with Crippen molar-refractivity contribution in [1.29, 1.82) is 0 Å². The van der Waals surface area contributed by atoms with E-state index in [0.29, 0.717) is 6.04 Å². The molecule has 1 aliphatic heterocycles. The lowest BCUT2D eigenvalue weighted by Crippen LogP contribution is -2.61. The molecule has 16 heavy (non-hydrogen) atoms. The van der Waals surface area contributed by atoms with Gasteiger partial charge in [-0.1, -0.05) is 27.2 Å². The standard InChI is InChI=1S/C13H28N2O/c1-4-7-13(6-3,11-14)15-8-9-16-10-12(15)5-2/h12H,4-11,14H2,1-3H3. The Balaban J connectivity index is 2.81. The fourth-order valence-corrected chi connectivity index (χ4v) is 2.97. The van der Waals surface area contributed by atoms with Crippen LogP contribution in [0.15, 0.2) is 0 Å². The summed E-state index contributed by atoms with van der Waals surface area (Å²) in [6.07, 6.45) is 4.72. The molecule has 0 aromatic rings. The minimum absolute atomic E-state index is 0.208. The molecule has 1 saturated heterocycles. The highest BCUT2D eigenvalue weighted by molar-refractivity contribution is 4.94. The summed E-state index contributed by atoms with van der Waals surface area (Å²) >= 11 is 0. The maximum atomic E-state index is 6.07. The highest BCUT2D eigenvalue weighted by atomic mass is 16.5. The van der Waals surface area contributed by atoms with E-state index < -0.39 is 0 Å². The number of nitrogens with two attached hydrogens (primary N) is 1. The van der Waals surface area contributed by atoms with Gasteiger partial charge in [0, 0.05) is 24.7 Å². The molecule has 0 radical (unpaired) electrons. The predicted molar refractivity (Wildman–Crippen MR) is 68.6 cm³/mol. The van der Waals surface area contributed by atoms with E-state index in [1.807, 2.05) is 0 Å². The first-order valence-electron chi connectivity index (χ1n) is 6.78. The van der Waals surface area contributed by atoms with Crippen molar-refractivity contribution in [3.63, 3.8) is 0 Å². The Morgan fingerprint density at radius 2 is 2.12 bits per heavy atom. The van der Waals surface area contributed by atoms with Crippen LogP contribution in [-0.4, -0.2) is 42.8 Å². The second-order valence-corrected chi connectivity index (χ2v) is 4.86. The molecule has 1 heterocycles. The van der Waals surface area contributed by atoms with Crippen LogP contribution in [0, 0.1) is 0 Å². The van der Waals surface area contributed by atoms with E-state index in [9.17, 15) is 0 Å². The summed E-state index contributed by atoms with van der Waals surface area (Å²) in [5, 5.41) is 0. The fourth-order valence-electron chi connectivity index (χ4n) is 2.97. The molecule has 0 aromatic heterocycles. The highest BCUT2D eigenvalue weighted by Crippen LogP contribution is 2.29. The quantitative estimate of drug-likeness (QED) is 0.756. The molecule has 2 atom stereocenters. The van der Waals surface area contributed by atoms with Crippen LogP contribution in [0.4, 0.5) is 0 Å². The van der Waals surface area contributed by atoms with Crippen molar-refractivity contribution >= 4 is 0 Å². The van der Waals surface area contributed by atoms with Crippen molar-refractivity contribution in [2.24, 2.45) is 5.73 Å². The van der Waals surface area contributed by atoms with Gasteiger partial charge in [0.05, 0.1) is 13.2 Å². The molecule has 0 aromatic carbocycles. The molecule has 0 saturated carbocycles. The summed E-state index contributed by atoms with van der Waals surface area (Å²) < 4.78 is 5.58. The number of rotatable bonds is 6. The van der Waals surface area contributed by atoms with Gasteiger partial charge in [-0.25, -0.2) is 0 Å². The lowest BCUT2D eigenvalue weighted by molar-refractivity contribution is -0.0683. The minimum Gasteiger partial charge on any atom is -0.378 e. The molecule has 96 valence electrons. The predicted octanol–water partition coefficient (Wildman–Crippen LogP) is 2.00. The molecule has 0 aliphatic carbocycles. The smallest absolute Gasteiger partial charge is 0.0622 e. The average molecular weight is 228 g/mol. The highest BCUT2D eigenvalue weighted by Gasteiger charge is 2.38. The van der Waals surface area contributed by atoms with Crippen molar-refractivity contribution in [2.75, 3.05) is 26.3 Å². The van der Waals surface area contributed by atoms with E-state index in [0.717, 1.165) is 39.1 Å². The topological polar surface area (TPSA) is 38.5 Å². The van der Waals surface area contributed by atoms with Crippen LogP contribution in [0.3, 0.4) is 0 Å². The van der Waals surface area contributed by atoms with Gasteiger partial charge in [0.15, 0.2) is 0 Å². The Hall–Kier alpha value is -0.120. The van der Waals surface area contributed by atoms with E-state index in [2.05, 4.69) is 25.7 Å². The number of nitrogens with zero attached hydrogens (tertiary/aromatic N) is 1. The van der Waals surface area contributed by atoms with Crippen LogP contribution in [0.25, 0.3) is 0 Å². The van der Waals surface area contributed by atoms with Gasteiger partial charge in [0.2, 0.25) is 0 Å². The van der Waals surface area contributed by atoms with Crippen molar-refractivity contribution in [2.45, 2.75) is 58.0 Å². The van der Waals surface area contributed by atoms with Crippen molar-refractivity contribution < 1.29 is 4.74 Å². The van der Waals surface area contributed by atoms with Crippen LogP contribution in [-0.2, 0) is 4.74 Å². The zero-order valence-electron chi connectivity index (χ0n) is 11.2. The second kappa shape index (κ2) is 6.58. The second-order valence-electron chi connectivity index (χ2n) is 4.86. The van der Waals surface area contributed by atoms with Crippen molar-refractivity contribution in [1.82, 2.24) is 4.90 Å². The van der Waals surface area contributed by atoms with Gasteiger partial charge >= 0.3 is 0 Å². The molecule has 1 fully saturated rings. The molecule has 3 nitrogen and oxygen atoms in total. The third-order valence-corrected chi connectivity index (χ3v) is 4.06. The zero-order valence-corrected chi connectivity index (χ0v) is 11.2. The first-order valence-corrected chi connectivity index (χ1v) is 6.78. The third-order valence-electron chi connectivity index (χ3n) is 4.06. The Morgan fingerprint density at radius 3 is 2.62 bits per heavy atom. The Labute approximate surface area is 100 Å². The van der Waals surface area contributed by atoms with Gasteiger partial charge < -0.3 is 10.5 Å². The van der Waals surface area contributed by atoms with E-state index in [1.165, 1.54) is 12.8 Å². The summed E-state index contributed by atoms with van der Waals surface area (Å²) in [4.78, 5) is 2.62. The number of ether oxygens (including phenoxy) is 1. The van der Waals surface area contributed by atoms with E-state index in [4.69, 9.17) is 10.5 Å². The van der Waals surface area contributed by atoms with Crippen molar-refractivity contribution in [3.8, 4) is 0 Å². The fraction of sp³-hybridized carbons (Fsp3) is 1.00. The molecular weight excluding hydrogens is 200 g/mol. The van der Waals surface area contributed by atoms with Crippen LogP contribution < -0.4 is 5.73 Å². The maximum absolute atomic E-state index is 6.07. The summed E-state index contributed by atoms with van der Waals surface area (Å²) in [5.74, 6) is 0. The normalized spacial score (nSPS) is 26.6. The van der Waals surface area contributed by atoms with E-state index in [1.54, 1.807) is 0 Å². The van der Waals surface area contributed by atoms with Crippen molar-refractivity contribution in [3.05, 3.63) is 0 Å². The molecule has 1 aliphatic rings. The van der Waals surface area contributed by atoms with Crippen LogP contribution in [0.2, 0.25) is 0 Å².